The predicted octanol–water partition coefficient (Wildman–Crippen LogP) is 4.29. The molecule has 2 aromatic heterocycles. The van der Waals surface area contributed by atoms with Gasteiger partial charge in [0.05, 0.1) is 41.5 Å². The first-order valence-corrected chi connectivity index (χ1v) is 11.3. The van der Waals surface area contributed by atoms with Gasteiger partial charge in [-0.25, -0.2) is 14.8 Å². The maximum atomic E-state index is 11.8. The summed E-state index contributed by atoms with van der Waals surface area (Å²) in [4.78, 5) is 20.4. The van der Waals surface area contributed by atoms with Crippen LogP contribution in [0.1, 0.15) is 13.3 Å². The Morgan fingerprint density at radius 3 is 2.80 bits per heavy atom. The highest BCUT2D eigenvalue weighted by atomic mass is 35.5. The lowest BCUT2D eigenvalue weighted by molar-refractivity contribution is 0.252. The highest BCUT2D eigenvalue weighted by molar-refractivity contribution is 6.33. The second-order valence-corrected chi connectivity index (χ2v) is 7.70. The number of carbonyl (C=O) groups excluding carboxylic acids is 1. The number of benzene rings is 2. The fourth-order valence-electron chi connectivity index (χ4n) is 3.25. The molecule has 2 amide bonds. The number of anilines is 1. The van der Waals surface area contributed by atoms with Crippen LogP contribution < -0.4 is 24.8 Å². The number of ether oxygens (including phenoxy) is 3. The number of carbonyl (C=O) groups is 1. The molecule has 0 aliphatic carbocycles. The fraction of sp³-hybridized carbons (Fsp3) is 0.261. The minimum atomic E-state index is -0.339. The lowest BCUT2D eigenvalue weighted by Gasteiger charge is -2.14. The van der Waals surface area contributed by atoms with E-state index in [-0.39, 0.29) is 6.03 Å². The van der Waals surface area contributed by atoms with Crippen LogP contribution in [0, 0.1) is 0 Å². The van der Waals surface area contributed by atoms with Crippen LogP contribution in [0.5, 0.6) is 23.1 Å². The van der Waals surface area contributed by atoms with Gasteiger partial charge >= 0.3 is 6.03 Å². The third-order valence-corrected chi connectivity index (χ3v) is 5.20. The molecule has 2 N–H and O–H groups in total. The SMILES string of the molecule is CCNC(=O)Nc1ccc(Oc2ncnc3cc(OCCCn4ccnn4)c(OC)cc23)cc1Cl. The summed E-state index contributed by atoms with van der Waals surface area (Å²) in [6.07, 6.45) is 5.59. The van der Waals surface area contributed by atoms with Crippen LogP contribution in [0.15, 0.2) is 49.1 Å². The molecule has 182 valence electrons. The molecule has 0 saturated carbocycles. The second-order valence-electron chi connectivity index (χ2n) is 7.30. The Bertz CT molecular complexity index is 1300. The van der Waals surface area contributed by atoms with Gasteiger partial charge in [-0.3, -0.25) is 4.68 Å². The second kappa shape index (κ2) is 11.3. The van der Waals surface area contributed by atoms with Crippen LogP contribution in [0.3, 0.4) is 0 Å². The molecule has 0 aliphatic heterocycles. The molecule has 35 heavy (non-hydrogen) atoms. The number of nitrogens with zero attached hydrogens (tertiary/aromatic N) is 5. The Hall–Kier alpha value is -4.12. The number of amides is 2. The minimum Gasteiger partial charge on any atom is -0.493 e. The van der Waals surface area contributed by atoms with Gasteiger partial charge in [0.25, 0.3) is 0 Å². The summed E-state index contributed by atoms with van der Waals surface area (Å²) >= 11 is 6.32. The number of urea groups is 1. The first kappa shape index (κ1) is 24.0. The molecule has 2 heterocycles. The predicted molar refractivity (Wildman–Crippen MR) is 130 cm³/mol. The fourth-order valence-corrected chi connectivity index (χ4v) is 3.47. The van der Waals surface area contributed by atoms with Crippen LogP contribution >= 0.6 is 11.6 Å². The zero-order valence-corrected chi connectivity index (χ0v) is 20.0. The number of methoxy groups -OCH3 is 1. The number of halogens is 1. The Labute approximate surface area is 206 Å². The Balaban J connectivity index is 1.49. The molecule has 4 rings (SSSR count). The van der Waals surface area contributed by atoms with E-state index in [1.807, 2.05) is 6.92 Å². The summed E-state index contributed by atoms with van der Waals surface area (Å²) in [6, 6.07) is 8.15. The van der Waals surface area contributed by atoms with E-state index in [4.69, 9.17) is 25.8 Å². The van der Waals surface area contributed by atoms with E-state index in [1.165, 1.54) is 6.33 Å². The number of aromatic nitrogens is 5. The molecule has 12 heteroatoms. The van der Waals surface area contributed by atoms with Gasteiger partial charge in [-0.1, -0.05) is 16.8 Å². The minimum absolute atomic E-state index is 0.325. The molecular weight excluding hydrogens is 474 g/mol. The van der Waals surface area contributed by atoms with E-state index in [2.05, 4.69) is 30.9 Å². The molecule has 0 aliphatic rings. The highest BCUT2D eigenvalue weighted by Crippen LogP contribution is 2.37. The van der Waals surface area contributed by atoms with Crippen LogP contribution in [-0.2, 0) is 6.54 Å². The van der Waals surface area contributed by atoms with Gasteiger partial charge in [0.15, 0.2) is 11.5 Å². The normalized spacial score (nSPS) is 10.7. The number of aryl methyl sites for hydroxylation is 1. The lowest BCUT2D eigenvalue weighted by Crippen LogP contribution is -2.28. The summed E-state index contributed by atoms with van der Waals surface area (Å²) < 4.78 is 19.2. The number of hydrogen-bond donors (Lipinski definition) is 2. The molecule has 0 unspecified atom stereocenters. The summed E-state index contributed by atoms with van der Waals surface area (Å²) in [5.74, 6) is 1.86. The Morgan fingerprint density at radius 2 is 2.06 bits per heavy atom. The third-order valence-electron chi connectivity index (χ3n) is 4.89. The number of rotatable bonds is 10. The highest BCUT2D eigenvalue weighted by Gasteiger charge is 2.14. The number of hydrogen-bond acceptors (Lipinski definition) is 8. The first-order chi connectivity index (χ1) is 17.1. The van der Waals surface area contributed by atoms with Gasteiger partial charge in [-0.15, -0.1) is 5.10 Å². The molecule has 0 radical (unpaired) electrons. The van der Waals surface area contributed by atoms with E-state index in [9.17, 15) is 4.79 Å². The lowest BCUT2D eigenvalue weighted by atomic mass is 10.2. The smallest absolute Gasteiger partial charge is 0.319 e. The van der Waals surface area contributed by atoms with Crippen molar-refractivity contribution in [3.63, 3.8) is 0 Å². The average molecular weight is 498 g/mol. The van der Waals surface area contributed by atoms with Crippen molar-refractivity contribution in [1.82, 2.24) is 30.3 Å². The van der Waals surface area contributed by atoms with Gasteiger partial charge < -0.3 is 24.8 Å². The Kier molecular flexibility index (Phi) is 7.78. The largest absolute Gasteiger partial charge is 0.493 e. The standard InChI is InChI=1S/C23H24ClN7O4/c1-3-25-23(32)29-18-6-5-15(11-17(18)24)35-22-16-12-20(33-2)21(13-19(16)26-14-27-22)34-10-4-8-31-9-7-28-30-31/h5-7,9,11-14H,3-4,8,10H2,1-2H3,(H2,25,29,32). The summed E-state index contributed by atoms with van der Waals surface area (Å²) in [5.41, 5.74) is 1.09. The molecule has 2 aromatic carbocycles. The van der Waals surface area contributed by atoms with Crippen LogP contribution in [-0.4, -0.2) is 51.3 Å². The monoisotopic (exact) mass is 497 g/mol. The van der Waals surface area contributed by atoms with Crippen LogP contribution in [0.4, 0.5) is 10.5 Å². The maximum absolute atomic E-state index is 11.8. The van der Waals surface area contributed by atoms with Crippen molar-refractivity contribution in [3.05, 3.63) is 54.1 Å². The van der Waals surface area contributed by atoms with E-state index >= 15 is 0 Å². The van der Waals surface area contributed by atoms with Crippen molar-refractivity contribution in [2.75, 3.05) is 25.6 Å². The summed E-state index contributed by atoms with van der Waals surface area (Å²) in [7, 11) is 1.56. The van der Waals surface area contributed by atoms with Gasteiger partial charge in [0.1, 0.15) is 12.1 Å². The van der Waals surface area contributed by atoms with E-state index in [0.717, 1.165) is 6.42 Å². The zero-order valence-electron chi connectivity index (χ0n) is 19.2. The van der Waals surface area contributed by atoms with Crippen molar-refractivity contribution in [2.45, 2.75) is 19.9 Å². The van der Waals surface area contributed by atoms with Gasteiger partial charge in [0, 0.05) is 37.8 Å². The molecular formula is C23H24ClN7O4. The average Bonchev–Trinajstić information content (AvgIpc) is 3.37. The van der Waals surface area contributed by atoms with Gasteiger partial charge in [0.2, 0.25) is 5.88 Å². The van der Waals surface area contributed by atoms with Crippen molar-refractivity contribution in [1.29, 1.82) is 0 Å². The van der Waals surface area contributed by atoms with Crippen molar-refractivity contribution in [2.24, 2.45) is 0 Å². The van der Waals surface area contributed by atoms with E-state index in [0.29, 0.717) is 64.4 Å². The zero-order chi connectivity index (χ0) is 24.6. The van der Waals surface area contributed by atoms with Gasteiger partial charge in [-0.2, -0.15) is 0 Å². The molecule has 11 nitrogen and oxygen atoms in total. The quantitative estimate of drug-likeness (QED) is 0.311. The van der Waals surface area contributed by atoms with Gasteiger partial charge in [-0.05, 0) is 25.1 Å². The molecule has 0 bridgehead atoms. The summed E-state index contributed by atoms with van der Waals surface area (Å²) in [5, 5.41) is 14.0. The third kappa shape index (κ3) is 6.07. The first-order valence-electron chi connectivity index (χ1n) is 10.9. The topological polar surface area (TPSA) is 125 Å². The molecule has 0 saturated heterocycles. The number of nitrogens with one attached hydrogen (secondary N) is 2. The molecule has 0 spiro atoms. The van der Waals surface area contributed by atoms with Crippen molar-refractivity contribution in [3.8, 4) is 23.1 Å². The maximum Gasteiger partial charge on any atom is 0.319 e. The van der Waals surface area contributed by atoms with Crippen LogP contribution in [0.2, 0.25) is 5.02 Å². The van der Waals surface area contributed by atoms with Crippen molar-refractivity contribution < 1.29 is 19.0 Å². The van der Waals surface area contributed by atoms with Crippen molar-refractivity contribution >= 4 is 34.2 Å². The summed E-state index contributed by atoms with van der Waals surface area (Å²) in [6.45, 7) is 3.49. The molecule has 0 fully saturated rings. The Morgan fingerprint density at radius 1 is 1.17 bits per heavy atom. The molecule has 0 atom stereocenters. The molecule has 4 aromatic rings. The number of fused-ring (bicyclic) bond motifs is 1. The van der Waals surface area contributed by atoms with E-state index < -0.39 is 0 Å². The van der Waals surface area contributed by atoms with Crippen LogP contribution in [0.25, 0.3) is 10.9 Å². The van der Waals surface area contributed by atoms with E-state index in [1.54, 1.807) is 54.5 Å².